The average Bonchev–Trinajstić information content (AvgIpc) is 3.00. The van der Waals surface area contributed by atoms with Gasteiger partial charge in [0.05, 0.1) is 6.20 Å². The second-order valence-electron chi connectivity index (χ2n) is 7.16. The van der Waals surface area contributed by atoms with Crippen LogP contribution in [0.4, 0.5) is 0 Å². The molecule has 0 aromatic carbocycles. The number of hydrogen-bond acceptors (Lipinski definition) is 3. The highest BCUT2D eigenvalue weighted by Crippen LogP contribution is 2.23. The summed E-state index contributed by atoms with van der Waals surface area (Å²) in [7, 11) is 0. The number of rotatable bonds is 5. The third-order valence-electron chi connectivity index (χ3n) is 3.81. The minimum atomic E-state index is 0.123. The van der Waals surface area contributed by atoms with E-state index in [4.69, 9.17) is 16.3 Å². The molecule has 126 valence electrons. The maximum atomic E-state index is 6.17. The number of allylic oxidation sites excluding steroid dienone is 3. The summed E-state index contributed by atoms with van der Waals surface area (Å²) >= 11 is 6.17. The smallest absolute Gasteiger partial charge is 0.138 e. The zero-order valence-corrected chi connectivity index (χ0v) is 15.2. The molecule has 0 aliphatic carbocycles. The van der Waals surface area contributed by atoms with Crippen LogP contribution in [0.15, 0.2) is 30.5 Å². The molecule has 0 radical (unpaired) electrons. The van der Waals surface area contributed by atoms with E-state index < -0.39 is 0 Å². The van der Waals surface area contributed by atoms with Gasteiger partial charge in [-0.1, -0.05) is 56.7 Å². The Hall–Kier alpha value is -1.32. The van der Waals surface area contributed by atoms with Gasteiger partial charge in [0.15, 0.2) is 0 Å². The number of nitrogens with one attached hydrogen (secondary N) is 1. The molecule has 0 amide bonds. The van der Waals surface area contributed by atoms with E-state index in [2.05, 4.69) is 44.1 Å². The Kier molecular flexibility index (Phi) is 6.25. The van der Waals surface area contributed by atoms with Crippen molar-refractivity contribution >= 4 is 17.7 Å². The molecule has 0 spiro atoms. The molecule has 4 heteroatoms. The topological polar surface area (TPSA) is 34.1 Å². The van der Waals surface area contributed by atoms with Crippen LogP contribution < -0.4 is 10.1 Å². The van der Waals surface area contributed by atoms with E-state index in [1.807, 2.05) is 24.3 Å². The summed E-state index contributed by atoms with van der Waals surface area (Å²) in [5, 5.41) is 3.95. The minimum absolute atomic E-state index is 0.123. The molecule has 1 aromatic heterocycles. The number of ether oxygens (including phenoxy) is 1. The van der Waals surface area contributed by atoms with Crippen molar-refractivity contribution in [1.29, 1.82) is 0 Å². The quantitative estimate of drug-likeness (QED) is 0.616. The number of hydrogen-bond donors (Lipinski definition) is 1. The second kappa shape index (κ2) is 7.98. The Balaban J connectivity index is 2.03. The molecule has 1 aromatic rings. The standard InChI is InChI=1S/C19H27ClN2O/c1-14(17-9-7-11-21-17)23-16-12-15(18(20)22-13-16)8-5-6-10-19(2,3)4/h5-6,8,10,12-14,17,21H,7,9,11H2,1-4H3/t14?,17-/m0/s1. The second-order valence-corrected chi connectivity index (χ2v) is 7.52. The fourth-order valence-electron chi connectivity index (χ4n) is 2.54. The van der Waals surface area contributed by atoms with E-state index in [0.717, 1.165) is 24.3 Å². The van der Waals surface area contributed by atoms with Gasteiger partial charge in [0.2, 0.25) is 0 Å². The van der Waals surface area contributed by atoms with Crippen molar-refractivity contribution in [3.05, 3.63) is 41.2 Å². The van der Waals surface area contributed by atoms with Crippen molar-refractivity contribution in [3.8, 4) is 5.75 Å². The van der Waals surface area contributed by atoms with Gasteiger partial charge in [-0.05, 0) is 37.8 Å². The Bertz CT molecular complexity index is 569. The summed E-state index contributed by atoms with van der Waals surface area (Å²) in [4.78, 5) is 4.23. The summed E-state index contributed by atoms with van der Waals surface area (Å²) in [6, 6.07) is 2.36. The highest BCUT2D eigenvalue weighted by atomic mass is 35.5. The monoisotopic (exact) mass is 334 g/mol. The van der Waals surface area contributed by atoms with E-state index in [0.29, 0.717) is 11.2 Å². The molecule has 0 bridgehead atoms. The van der Waals surface area contributed by atoms with E-state index in [-0.39, 0.29) is 11.5 Å². The van der Waals surface area contributed by atoms with Gasteiger partial charge in [0.1, 0.15) is 17.0 Å². The van der Waals surface area contributed by atoms with Gasteiger partial charge in [-0.2, -0.15) is 0 Å². The SMILES string of the molecule is CC(Oc1cnc(Cl)c(C=CC=CC(C)(C)C)c1)[C@@H]1CCCN1. The molecular formula is C19H27ClN2O. The molecular weight excluding hydrogens is 308 g/mol. The fraction of sp³-hybridized carbons (Fsp3) is 0.526. The highest BCUT2D eigenvalue weighted by molar-refractivity contribution is 6.30. The maximum Gasteiger partial charge on any atom is 0.138 e. The number of pyridine rings is 1. The fourth-order valence-corrected chi connectivity index (χ4v) is 2.70. The first-order chi connectivity index (χ1) is 10.8. The normalized spacial score (nSPS) is 20.5. The van der Waals surface area contributed by atoms with Crippen molar-refractivity contribution in [2.24, 2.45) is 5.41 Å². The zero-order chi connectivity index (χ0) is 16.9. The molecule has 2 heterocycles. The predicted octanol–water partition coefficient (Wildman–Crippen LogP) is 4.87. The van der Waals surface area contributed by atoms with Crippen molar-refractivity contribution < 1.29 is 4.74 Å². The van der Waals surface area contributed by atoms with Crippen molar-refractivity contribution in [1.82, 2.24) is 10.3 Å². The van der Waals surface area contributed by atoms with Crippen molar-refractivity contribution in [2.75, 3.05) is 6.54 Å². The lowest BCUT2D eigenvalue weighted by atomic mass is 9.96. The Labute approximate surface area is 144 Å². The van der Waals surface area contributed by atoms with Crippen LogP contribution in [0.2, 0.25) is 5.15 Å². The Morgan fingerprint density at radius 2 is 2.17 bits per heavy atom. The summed E-state index contributed by atoms with van der Waals surface area (Å²) in [5.74, 6) is 0.759. The molecule has 1 unspecified atom stereocenters. The average molecular weight is 335 g/mol. The van der Waals surface area contributed by atoms with E-state index in [1.54, 1.807) is 6.20 Å². The lowest BCUT2D eigenvalue weighted by molar-refractivity contribution is 0.179. The highest BCUT2D eigenvalue weighted by Gasteiger charge is 2.22. The molecule has 2 rings (SSSR count). The zero-order valence-electron chi connectivity index (χ0n) is 14.5. The first-order valence-corrected chi connectivity index (χ1v) is 8.64. The van der Waals surface area contributed by atoms with Gasteiger partial charge in [-0.3, -0.25) is 0 Å². The van der Waals surface area contributed by atoms with Crippen LogP contribution in [0.25, 0.3) is 6.08 Å². The molecule has 1 fully saturated rings. The maximum absolute atomic E-state index is 6.17. The Morgan fingerprint density at radius 1 is 1.39 bits per heavy atom. The molecule has 0 saturated carbocycles. The summed E-state index contributed by atoms with van der Waals surface area (Å²) in [6.07, 6.45) is 12.3. The predicted molar refractivity (Wildman–Crippen MR) is 98.0 cm³/mol. The lowest BCUT2D eigenvalue weighted by Crippen LogP contribution is -2.36. The van der Waals surface area contributed by atoms with E-state index in [9.17, 15) is 0 Å². The molecule has 1 N–H and O–H groups in total. The largest absolute Gasteiger partial charge is 0.487 e. The van der Waals surface area contributed by atoms with Gasteiger partial charge in [-0.15, -0.1) is 0 Å². The van der Waals surface area contributed by atoms with E-state index in [1.165, 1.54) is 6.42 Å². The molecule has 2 atom stereocenters. The number of nitrogens with zero attached hydrogens (tertiary/aromatic N) is 1. The first-order valence-electron chi connectivity index (χ1n) is 8.27. The molecule has 1 aliphatic heterocycles. The van der Waals surface area contributed by atoms with Crippen LogP contribution in [0.3, 0.4) is 0 Å². The number of aromatic nitrogens is 1. The summed E-state index contributed by atoms with van der Waals surface area (Å²) < 4.78 is 6.02. The van der Waals surface area contributed by atoms with E-state index >= 15 is 0 Å². The first kappa shape index (κ1) is 18.0. The van der Waals surface area contributed by atoms with Gasteiger partial charge in [-0.25, -0.2) is 4.98 Å². The van der Waals surface area contributed by atoms with Gasteiger partial charge >= 0.3 is 0 Å². The van der Waals surface area contributed by atoms with Crippen LogP contribution in [0, 0.1) is 5.41 Å². The summed E-state index contributed by atoms with van der Waals surface area (Å²) in [6.45, 7) is 9.67. The third-order valence-corrected chi connectivity index (χ3v) is 4.13. The van der Waals surface area contributed by atoms with Crippen LogP contribution in [0.1, 0.15) is 46.1 Å². The van der Waals surface area contributed by atoms with Crippen LogP contribution in [0.5, 0.6) is 5.75 Å². The molecule has 1 saturated heterocycles. The molecule has 1 aliphatic rings. The molecule has 3 nitrogen and oxygen atoms in total. The van der Waals surface area contributed by atoms with Gasteiger partial charge in [0.25, 0.3) is 0 Å². The lowest BCUT2D eigenvalue weighted by Gasteiger charge is -2.21. The van der Waals surface area contributed by atoms with Crippen molar-refractivity contribution in [2.45, 2.75) is 52.7 Å². The van der Waals surface area contributed by atoms with Crippen LogP contribution >= 0.6 is 11.6 Å². The van der Waals surface area contributed by atoms with Crippen LogP contribution in [-0.4, -0.2) is 23.7 Å². The van der Waals surface area contributed by atoms with Gasteiger partial charge < -0.3 is 10.1 Å². The third kappa shape index (κ3) is 6.00. The van der Waals surface area contributed by atoms with Crippen LogP contribution in [-0.2, 0) is 0 Å². The summed E-state index contributed by atoms with van der Waals surface area (Å²) in [5.41, 5.74) is 1.04. The Morgan fingerprint density at radius 3 is 2.83 bits per heavy atom. The minimum Gasteiger partial charge on any atom is -0.487 e. The van der Waals surface area contributed by atoms with Crippen molar-refractivity contribution in [3.63, 3.8) is 0 Å². The van der Waals surface area contributed by atoms with Gasteiger partial charge in [0, 0.05) is 11.6 Å². The molecule has 23 heavy (non-hydrogen) atoms. The number of halogens is 1.